The van der Waals surface area contributed by atoms with Crippen LogP contribution < -0.4 is 5.73 Å². The highest BCUT2D eigenvalue weighted by molar-refractivity contribution is 9.10. The molecule has 102 valence electrons. The standard InChI is InChI=1S/C12H14BrN3O2S/c13-8-3-4-10-11(6-8)16(12(14)15-10)9-2-1-5-19(17,18)7-9/h3-4,6,9H,1-2,5,7H2,(H2,14,15). The Hall–Kier alpha value is -1.08. The van der Waals surface area contributed by atoms with E-state index in [-0.39, 0.29) is 17.5 Å². The molecule has 0 radical (unpaired) electrons. The van der Waals surface area contributed by atoms with Crippen LogP contribution in [0.25, 0.3) is 11.0 Å². The highest BCUT2D eigenvalue weighted by atomic mass is 79.9. The number of nitrogens with two attached hydrogens (primary N) is 1. The van der Waals surface area contributed by atoms with E-state index in [0.29, 0.717) is 12.4 Å². The van der Waals surface area contributed by atoms with Crippen molar-refractivity contribution < 1.29 is 8.42 Å². The molecule has 1 aromatic heterocycles. The van der Waals surface area contributed by atoms with Crippen molar-refractivity contribution in [1.82, 2.24) is 9.55 Å². The molecule has 1 aliphatic heterocycles. The summed E-state index contributed by atoms with van der Waals surface area (Å²) in [7, 11) is -2.97. The van der Waals surface area contributed by atoms with Crippen LogP contribution in [-0.2, 0) is 9.84 Å². The lowest BCUT2D eigenvalue weighted by Crippen LogP contribution is -2.28. The van der Waals surface area contributed by atoms with E-state index in [1.54, 1.807) is 0 Å². The number of nitrogens with zero attached hydrogens (tertiary/aromatic N) is 2. The van der Waals surface area contributed by atoms with Gasteiger partial charge in [-0.25, -0.2) is 13.4 Å². The lowest BCUT2D eigenvalue weighted by atomic mass is 10.2. The molecule has 0 aliphatic carbocycles. The first-order valence-electron chi connectivity index (χ1n) is 6.10. The van der Waals surface area contributed by atoms with Gasteiger partial charge < -0.3 is 10.3 Å². The molecule has 1 aliphatic rings. The fraction of sp³-hybridized carbons (Fsp3) is 0.417. The van der Waals surface area contributed by atoms with Crippen LogP contribution in [0.15, 0.2) is 22.7 Å². The number of hydrogen-bond acceptors (Lipinski definition) is 4. The van der Waals surface area contributed by atoms with Crippen LogP contribution in [0, 0.1) is 0 Å². The normalized spacial score (nSPS) is 22.7. The monoisotopic (exact) mass is 343 g/mol. The number of halogens is 1. The Labute approximate surface area is 119 Å². The number of hydrogen-bond donors (Lipinski definition) is 1. The summed E-state index contributed by atoms with van der Waals surface area (Å²) in [5.41, 5.74) is 7.64. The Morgan fingerprint density at radius 2 is 2.21 bits per heavy atom. The van der Waals surface area contributed by atoms with E-state index in [1.165, 1.54) is 0 Å². The Balaban J connectivity index is 2.14. The van der Waals surface area contributed by atoms with Crippen LogP contribution in [0.5, 0.6) is 0 Å². The van der Waals surface area contributed by atoms with Crippen LogP contribution >= 0.6 is 15.9 Å². The summed E-state index contributed by atoms with van der Waals surface area (Å²) < 4.78 is 26.4. The van der Waals surface area contributed by atoms with E-state index in [9.17, 15) is 8.42 Å². The molecule has 1 atom stereocenters. The van der Waals surface area contributed by atoms with Crippen molar-refractivity contribution in [2.75, 3.05) is 17.2 Å². The molecule has 1 unspecified atom stereocenters. The van der Waals surface area contributed by atoms with Crippen molar-refractivity contribution >= 4 is 42.7 Å². The first-order valence-corrected chi connectivity index (χ1v) is 8.71. The molecule has 5 nitrogen and oxygen atoms in total. The molecule has 2 heterocycles. The maximum atomic E-state index is 11.8. The van der Waals surface area contributed by atoms with Gasteiger partial charge in [0.1, 0.15) is 0 Å². The number of imidazole rings is 1. The van der Waals surface area contributed by atoms with Crippen molar-refractivity contribution in [2.24, 2.45) is 0 Å². The van der Waals surface area contributed by atoms with Gasteiger partial charge in [0.2, 0.25) is 5.95 Å². The highest BCUT2D eigenvalue weighted by Crippen LogP contribution is 2.31. The van der Waals surface area contributed by atoms with Crippen molar-refractivity contribution in [2.45, 2.75) is 18.9 Å². The maximum Gasteiger partial charge on any atom is 0.201 e. The summed E-state index contributed by atoms with van der Waals surface area (Å²) in [6.07, 6.45) is 1.50. The number of benzene rings is 1. The summed E-state index contributed by atoms with van der Waals surface area (Å²) in [5.74, 6) is 0.810. The molecular formula is C12H14BrN3O2S. The van der Waals surface area contributed by atoms with E-state index in [4.69, 9.17) is 5.73 Å². The fourth-order valence-electron chi connectivity index (χ4n) is 2.67. The molecule has 2 N–H and O–H groups in total. The number of rotatable bonds is 1. The second kappa shape index (κ2) is 4.49. The molecule has 3 rings (SSSR count). The van der Waals surface area contributed by atoms with E-state index in [0.717, 1.165) is 21.9 Å². The summed E-state index contributed by atoms with van der Waals surface area (Å²) in [6, 6.07) is 5.60. The molecular weight excluding hydrogens is 330 g/mol. The van der Waals surface area contributed by atoms with Crippen LogP contribution in [-0.4, -0.2) is 29.5 Å². The van der Waals surface area contributed by atoms with Gasteiger partial charge in [0.05, 0.1) is 28.6 Å². The lowest BCUT2D eigenvalue weighted by Gasteiger charge is -2.24. The van der Waals surface area contributed by atoms with Crippen molar-refractivity contribution in [1.29, 1.82) is 0 Å². The largest absolute Gasteiger partial charge is 0.369 e. The first kappa shape index (κ1) is 12.9. The van der Waals surface area contributed by atoms with E-state index < -0.39 is 9.84 Å². The predicted molar refractivity (Wildman–Crippen MR) is 78.8 cm³/mol. The number of aromatic nitrogens is 2. The third-order valence-electron chi connectivity index (χ3n) is 3.48. The molecule has 0 spiro atoms. The van der Waals surface area contributed by atoms with Gasteiger partial charge in [-0.3, -0.25) is 0 Å². The molecule has 19 heavy (non-hydrogen) atoms. The van der Waals surface area contributed by atoms with Gasteiger partial charge in [0.25, 0.3) is 0 Å². The third-order valence-corrected chi connectivity index (χ3v) is 5.78. The van der Waals surface area contributed by atoms with E-state index in [1.807, 2.05) is 22.8 Å². The van der Waals surface area contributed by atoms with Crippen molar-refractivity contribution in [3.63, 3.8) is 0 Å². The van der Waals surface area contributed by atoms with Crippen LogP contribution in [0.1, 0.15) is 18.9 Å². The minimum atomic E-state index is -2.97. The second-order valence-electron chi connectivity index (χ2n) is 4.88. The van der Waals surface area contributed by atoms with E-state index in [2.05, 4.69) is 20.9 Å². The second-order valence-corrected chi connectivity index (χ2v) is 8.03. The number of fused-ring (bicyclic) bond motifs is 1. The molecule has 1 saturated heterocycles. The summed E-state index contributed by atoms with van der Waals surface area (Å²) in [4.78, 5) is 4.30. The molecule has 7 heteroatoms. The maximum absolute atomic E-state index is 11.8. The summed E-state index contributed by atoms with van der Waals surface area (Å²) in [5, 5.41) is 0. The quantitative estimate of drug-likeness (QED) is 0.860. The minimum Gasteiger partial charge on any atom is -0.369 e. The van der Waals surface area contributed by atoms with Crippen LogP contribution in [0.3, 0.4) is 0 Å². The minimum absolute atomic E-state index is 0.113. The molecule has 0 bridgehead atoms. The summed E-state index contributed by atoms with van der Waals surface area (Å²) in [6.45, 7) is 0. The average molecular weight is 344 g/mol. The average Bonchev–Trinajstić information content (AvgIpc) is 2.63. The van der Waals surface area contributed by atoms with Gasteiger partial charge in [-0.15, -0.1) is 0 Å². The van der Waals surface area contributed by atoms with Gasteiger partial charge in [-0.2, -0.15) is 0 Å². The van der Waals surface area contributed by atoms with Gasteiger partial charge in [-0.1, -0.05) is 15.9 Å². The zero-order valence-electron chi connectivity index (χ0n) is 10.2. The fourth-order valence-corrected chi connectivity index (χ4v) is 4.69. The highest BCUT2D eigenvalue weighted by Gasteiger charge is 2.28. The third kappa shape index (κ3) is 2.36. The van der Waals surface area contributed by atoms with E-state index >= 15 is 0 Å². The SMILES string of the molecule is Nc1nc2ccc(Br)cc2n1C1CCCS(=O)(=O)C1. The Morgan fingerprint density at radius 3 is 2.95 bits per heavy atom. The lowest BCUT2D eigenvalue weighted by molar-refractivity contribution is 0.483. The number of nitrogen functional groups attached to an aromatic ring is 1. The van der Waals surface area contributed by atoms with Gasteiger partial charge in [0.15, 0.2) is 9.84 Å². The summed E-state index contributed by atoms with van der Waals surface area (Å²) >= 11 is 3.42. The molecule has 1 aromatic carbocycles. The van der Waals surface area contributed by atoms with Gasteiger partial charge in [0, 0.05) is 4.47 Å². The first-order chi connectivity index (χ1) is 8.96. The zero-order chi connectivity index (χ0) is 13.6. The van der Waals surface area contributed by atoms with Gasteiger partial charge in [-0.05, 0) is 31.0 Å². The Kier molecular flexibility index (Phi) is 3.05. The smallest absolute Gasteiger partial charge is 0.201 e. The van der Waals surface area contributed by atoms with Crippen LogP contribution in [0.4, 0.5) is 5.95 Å². The molecule has 0 saturated carbocycles. The zero-order valence-corrected chi connectivity index (χ0v) is 12.6. The molecule has 0 amide bonds. The Morgan fingerprint density at radius 1 is 1.42 bits per heavy atom. The van der Waals surface area contributed by atoms with Crippen molar-refractivity contribution in [3.8, 4) is 0 Å². The topological polar surface area (TPSA) is 78.0 Å². The van der Waals surface area contributed by atoms with Crippen molar-refractivity contribution in [3.05, 3.63) is 22.7 Å². The number of anilines is 1. The van der Waals surface area contributed by atoms with Gasteiger partial charge >= 0.3 is 0 Å². The number of sulfone groups is 1. The molecule has 1 fully saturated rings. The Bertz CT molecular complexity index is 739. The van der Waals surface area contributed by atoms with Crippen LogP contribution in [0.2, 0.25) is 0 Å². The predicted octanol–water partition coefficient (Wildman–Crippen LogP) is 2.13. The molecule has 2 aromatic rings.